The fourth-order valence-corrected chi connectivity index (χ4v) is 2.06. The van der Waals surface area contributed by atoms with Gasteiger partial charge < -0.3 is 15.7 Å². The van der Waals surface area contributed by atoms with E-state index in [1.165, 1.54) is 12.8 Å². The van der Waals surface area contributed by atoms with Crippen LogP contribution >= 0.6 is 0 Å². The molecule has 2 amide bonds. The van der Waals surface area contributed by atoms with Gasteiger partial charge in [-0.25, -0.2) is 4.79 Å². The lowest BCUT2D eigenvalue weighted by atomic mass is 10.1. The molecule has 0 radical (unpaired) electrons. The van der Waals surface area contributed by atoms with Crippen molar-refractivity contribution in [1.82, 2.24) is 5.32 Å². The van der Waals surface area contributed by atoms with Gasteiger partial charge in [-0.2, -0.15) is 0 Å². The van der Waals surface area contributed by atoms with Gasteiger partial charge >= 0.3 is 12.0 Å². The zero-order chi connectivity index (χ0) is 14.4. The van der Waals surface area contributed by atoms with Gasteiger partial charge in [-0.15, -0.1) is 0 Å². The smallest absolute Gasteiger partial charge is 0.319 e. The number of nitrogens with one attached hydrogen (secondary N) is 2. The number of aliphatic carboxylic acids is 1. The first-order chi connectivity index (χ1) is 9.65. The summed E-state index contributed by atoms with van der Waals surface area (Å²) < 4.78 is 0. The van der Waals surface area contributed by atoms with Crippen LogP contribution in [0.1, 0.15) is 31.2 Å². The Hall–Kier alpha value is -2.04. The maximum atomic E-state index is 11.8. The second kappa shape index (κ2) is 6.93. The fourth-order valence-electron chi connectivity index (χ4n) is 2.06. The zero-order valence-electron chi connectivity index (χ0n) is 11.4. The van der Waals surface area contributed by atoms with Gasteiger partial charge in [0.25, 0.3) is 0 Å². The summed E-state index contributed by atoms with van der Waals surface area (Å²) in [7, 11) is 0. The molecule has 0 bridgehead atoms. The standard InChI is InChI=1S/C15H20N2O3/c18-14(19)8-7-12-3-1-2-4-13(12)17-15(20)16-10-9-11-5-6-11/h1-4,11H,5-10H2,(H,18,19)(H2,16,17,20). The van der Waals surface area contributed by atoms with E-state index in [2.05, 4.69) is 10.6 Å². The molecule has 1 aliphatic carbocycles. The molecule has 1 aliphatic rings. The quantitative estimate of drug-likeness (QED) is 0.716. The average molecular weight is 276 g/mol. The Balaban J connectivity index is 1.83. The molecule has 3 N–H and O–H groups in total. The van der Waals surface area contributed by atoms with Crippen molar-refractivity contribution in [3.63, 3.8) is 0 Å². The van der Waals surface area contributed by atoms with Gasteiger partial charge in [0, 0.05) is 18.7 Å². The van der Waals surface area contributed by atoms with Crippen LogP contribution in [0.5, 0.6) is 0 Å². The molecule has 108 valence electrons. The van der Waals surface area contributed by atoms with Crippen molar-refractivity contribution in [1.29, 1.82) is 0 Å². The molecule has 1 fully saturated rings. The van der Waals surface area contributed by atoms with Crippen LogP contribution < -0.4 is 10.6 Å². The van der Waals surface area contributed by atoms with Gasteiger partial charge in [-0.3, -0.25) is 4.79 Å². The fraction of sp³-hybridized carbons (Fsp3) is 0.467. The van der Waals surface area contributed by atoms with Crippen LogP contribution in [0.2, 0.25) is 0 Å². The lowest BCUT2D eigenvalue weighted by molar-refractivity contribution is -0.136. The topological polar surface area (TPSA) is 78.4 Å². The van der Waals surface area contributed by atoms with E-state index in [4.69, 9.17) is 5.11 Å². The first-order valence-electron chi connectivity index (χ1n) is 6.99. The molecule has 0 saturated heterocycles. The van der Waals surface area contributed by atoms with Gasteiger partial charge in [0.1, 0.15) is 0 Å². The molecule has 1 aromatic carbocycles. The number of anilines is 1. The molecule has 20 heavy (non-hydrogen) atoms. The maximum absolute atomic E-state index is 11.8. The molecule has 0 aliphatic heterocycles. The number of carbonyl (C=O) groups excluding carboxylic acids is 1. The van der Waals surface area contributed by atoms with E-state index in [-0.39, 0.29) is 12.5 Å². The van der Waals surface area contributed by atoms with Crippen molar-refractivity contribution in [3.05, 3.63) is 29.8 Å². The number of carboxylic acids is 1. The SMILES string of the molecule is O=C(O)CCc1ccccc1NC(=O)NCCC1CC1. The third-order valence-electron chi connectivity index (χ3n) is 3.41. The summed E-state index contributed by atoms with van der Waals surface area (Å²) in [6.45, 7) is 0.688. The lowest BCUT2D eigenvalue weighted by Crippen LogP contribution is -2.30. The molecule has 1 aromatic rings. The number of amides is 2. The van der Waals surface area contributed by atoms with E-state index >= 15 is 0 Å². The zero-order valence-corrected chi connectivity index (χ0v) is 11.4. The highest BCUT2D eigenvalue weighted by Gasteiger charge is 2.20. The van der Waals surface area contributed by atoms with E-state index in [0.717, 1.165) is 17.9 Å². The Kier molecular flexibility index (Phi) is 4.98. The molecule has 0 aromatic heterocycles. The molecular formula is C15H20N2O3. The van der Waals surface area contributed by atoms with Crippen molar-refractivity contribution in [3.8, 4) is 0 Å². The van der Waals surface area contributed by atoms with Crippen LogP contribution in [-0.2, 0) is 11.2 Å². The Labute approximate surface area is 118 Å². The van der Waals surface area contributed by atoms with Crippen LogP contribution in [0.15, 0.2) is 24.3 Å². The van der Waals surface area contributed by atoms with Crippen LogP contribution in [-0.4, -0.2) is 23.7 Å². The summed E-state index contributed by atoms with van der Waals surface area (Å²) in [6, 6.07) is 7.06. The highest BCUT2D eigenvalue weighted by molar-refractivity contribution is 5.90. The maximum Gasteiger partial charge on any atom is 0.319 e. The summed E-state index contributed by atoms with van der Waals surface area (Å²) >= 11 is 0. The van der Waals surface area contributed by atoms with E-state index in [0.29, 0.717) is 18.7 Å². The highest BCUT2D eigenvalue weighted by Crippen LogP contribution is 2.31. The molecule has 0 heterocycles. The molecule has 0 atom stereocenters. The van der Waals surface area contributed by atoms with Crippen molar-refractivity contribution in [2.75, 3.05) is 11.9 Å². The van der Waals surface area contributed by atoms with E-state index in [1.54, 1.807) is 6.07 Å². The van der Waals surface area contributed by atoms with Gasteiger partial charge in [0.15, 0.2) is 0 Å². The van der Waals surface area contributed by atoms with Crippen LogP contribution in [0.4, 0.5) is 10.5 Å². The normalized spacial score (nSPS) is 13.8. The monoisotopic (exact) mass is 276 g/mol. The molecule has 0 unspecified atom stereocenters. The predicted molar refractivity (Wildman–Crippen MR) is 76.8 cm³/mol. The van der Waals surface area contributed by atoms with E-state index in [1.807, 2.05) is 18.2 Å². The molecule has 5 heteroatoms. The largest absolute Gasteiger partial charge is 0.481 e. The van der Waals surface area contributed by atoms with Crippen molar-refractivity contribution in [2.24, 2.45) is 5.92 Å². The Morgan fingerprint density at radius 2 is 2.00 bits per heavy atom. The van der Waals surface area contributed by atoms with Crippen molar-refractivity contribution >= 4 is 17.7 Å². The number of aryl methyl sites for hydroxylation is 1. The minimum absolute atomic E-state index is 0.0575. The van der Waals surface area contributed by atoms with E-state index < -0.39 is 5.97 Å². The van der Waals surface area contributed by atoms with Gasteiger partial charge in [0.2, 0.25) is 0 Å². The average Bonchev–Trinajstić information content (AvgIpc) is 3.22. The van der Waals surface area contributed by atoms with Gasteiger partial charge in [0.05, 0.1) is 0 Å². The summed E-state index contributed by atoms with van der Waals surface area (Å²) in [5, 5.41) is 14.3. The Bertz CT molecular complexity index is 484. The minimum atomic E-state index is -0.839. The van der Waals surface area contributed by atoms with Crippen molar-refractivity contribution in [2.45, 2.75) is 32.1 Å². The Morgan fingerprint density at radius 1 is 1.25 bits per heavy atom. The van der Waals surface area contributed by atoms with Crippen LogP contribution in [0.25, 0.3) is 0 Å². The number of rotatable bonds is 7. The third kappa shape index (κ3) is 4.91. The molecule has 0 spiro atoms. The predicted octanol–water partition coefficient (Wildman–Crippen LogP) is 2.63. The number of para-hydroxylation sites is 1. The van der Waals surface area contributed by atoms with Crippen LogP contribution in [0, 0.1) is 5.92 Å². The van der Waals surface area contributed by atoms with Crippen molar-refractivity contribution < 1.29 is 14.7 Å². The molecule has 5 nitrogen and oxygen atoms in total. The number of benzene rings is 1. The minimum Gasteiger partial charge on any atom is -0.481 e. The number of carbonyl (C=O) groups is 2. The Morgan fingerprint density at radius 3 is 2.70 bits per heavy atom. The second-order valence-electron chi connectivity index (χ2n) is 5.16. The summed E-state index contributed by atoms with van der Waals surface area (Å²) in [5.74, 6) is -0.0492. The van der Waals surface area contributed by atoms with E-state index in [9.17, 15) is 9.59 Å². The summed E-state index contributed by atoms with van der Waals surface area (Å²) in [5.41, 5.74) is 1.52. The second-order valence-corrected chi connectivity index (χ2v) is 5.16. The first-order valence-corrected chi connectivity index (χ1v) is 6.99. The van der Waals surface area contributed by atoms with Gasteiger partial charge in [-0.1, -0.05) is 31.0 Å². The third-order valence-corrected chi connectivity index (χ3v) is 3.41. The first kappa shape index (κ1) is 14.4. The summed E-state index contributed by atoms with van der Waals surface area (Å²) in [6.07, 6.45) is 4.06. The number of carboxylic acid groups (broad SMARTS) is 1. The number of hydrogen-bond donors (Lipinski definition) is 3. The highest BCUT2D eigenvalue weighted by atomic mass is 16.4. The molecule has 1 saturated carbocycles. The summed E-state index contributed by atoms with van der Waals surface area (Å²) in [4.78, 5) is 22.4. The lowest BCUT2D eigenvalue weighted by Gasteiger charge is -2.11. The van der Waals surface area contributed by atoms with Crippen LogP contribution in [0.3, 0.4) is 0 Å². The number of hydrogen-bond acceptors (Lipinski definition) is 2. The molecule has 2 rings (SSSR count). The van der Waals surface area contributed by atoms with Gasteiger partial charge in [-0.05, 0) is 30.4 Å². The number of urea groups is 1. The molecular weight excluding hydrogens is 256 g/mol.